The van der Waals surface area contributed by atoms with E-state index in [0.29, 0.717) is 5.69 Å². The molecule has 4 heteroatoms. The van der Waals surface area contributed by atoms with Crippen LogP contribution in [0.1, 0.15) is 28.9 Å². The molecule has 1 aromatic heterocycles. The Morgan fingerprint density at radius 2 is 2.05 bits per heavy atom. The summed E-state index contributed by atoms with van der Waals surface area (Å²) >= 11 is 1.45. The Morgan fingerprint density at radius 1 is 1.26 bits per heavy atom. The molecule has 0 atom stereocenters. The summed E-state index contributed by atoms with van der Waals surface area (Å²) in [6.45, 7) is 0.781. The minimum absolute atomic E-state index is 0.0148. The van der Waals surface area contributed by atoms with Crippen molar-refractivity contribution in [3.8, 4) is 0 Å². The molecule has 0 unspecified atom stereocenters. The molecule has 100 valence electrons. The van der Waals surface area contributed by atoms with Crippen molar-refractivity contribution in [1.29, 1.82) is 0 Å². The van der Waals surface area contributed by atoms with Crippen molar-refractivity contribution in [2.45, 2.75) is 19.3 Å². The smallest absolute Gasteiger partial charge is 0.273 e. The van der Waals surface area contributed by atoms with Gasteiger partial charge >= 0.3 is 0 Å². The number of carbonyl (C=O) groups is 1. The first kappa shape index (κ1) is 13.7. The van der Waals surface area contributed by atoms with Crippen molar-refractivity contribution in [1.82, 2.24) is 9.88 Å². The molecule has 0 fully saturated rings. The van der Waals surface area contributed by atoms with Gasteiger partial charge in [0.25, 0.3) is 5.91 Å². The Balaban J connectivity index is 1.70. The van der Waals surface area contributed by atoms with Crippen LogP contribution in [0.5, 0.6) is 0 Å². The average Bonchev–Trinajstić information content (AvgIpc) is 2.98. The molecule has 1 aromatic carbocycles. The van der Waals surface area contributed by atoms with Crippen LogP contribution in [0.15, 0.2) is 41.2 Å². The van der Waals surface area contributed by atoms with Crippen molar-refractivity contribution in [2.24, 2.45) is 0 Å². The summed E-state index contributed by atoms with van der Waals surface area (Å²) in [6.07, 6.45) is 3.18. The Labute approximate surface area is 117 Å². The van der Waals surface area contributed by atoms with Crippen molar-refractivity contribution >= 4 is 17.2 Å². The molecule has 0 saturated heterocycles. The van der Waals surface area contributed by atoms with Crippen molar-refractivity contribution < 1.29 is 4.79 Å². The van der Waals surface area contributed by atoms with E-state index in [9.17, 15) is 4.79 Å². The summed E-state index contributed by atoms with van der Waals surface area (Å²) in [7, 11) is 1.84. The van der Waals surface area contributed by atoms with E-state index < -0.39 is 0 Å². The predicted molar refractivity (Wildman–Crippen MR) is 78.5 cm³/mol. The van der Waals surface area contributed by atoms with Crippen LogP contribution in [0, 0.1) is 0 Å². The maximum Gasteiger partial charge on any atom is 0.273 e. The summed E-state index contributed by atoms with van der Waals surface area (Å²) < 4.78 is 0. The first-order valence-corrected chi connectivity index (χ1v) is 7.39. The molecule has 1 heterocycles. The molecule has 3 nitrogen and oxygen atoms in total. The maximum atomic E-state index is 11.9. The number of carbonyl (C=O) groups excluding carboxylic acids is 1. The topological polar surface area (TPSA) is 33.2 Å². The van der Waals surface area contributed by atoms with Gasteiger partial charge in [-0.3, -0.25) is 4.79 Å². The first-order chi connectivity index (χ1) is 9.27. The third kappa shape index (κ3) is 4.17. The normalized spacial score (nSPS) is 10.4. The van der Waals surface area contributed by atoms with Gasteiger partial charge in [0.1, 0.15) is 5.69 Å². The summed E-state index contributed by atoms with van der Waals surface area (Å²) in [5, 5.41) is 1.79. The number of hydrogen-bond acceptors (Lipinski definition) is 3. The number of nitrogens with zero attached hydrogens (tertiary/aromatic N) is 2. The lowest BCUT2D eigenvalue weighted by atomic mass is 10.1. The maximum absolute atomic E-state index is 11.9. The molecule has 19 heavy (non-hydrogen) atoms. The minimum Gasteiger partial charge on any atom is -0.340 e. The zero-order valence-corrected chi connectivity index (χ0v) is 11.9. The van der Waals surface area contributed by atoms with Crippen LogP contribution < -0.4 is 0 Å². The second kappa shape index (κ2) is 7.04. The fraction of sp³-hybridized carbons (Fsp3) is 0.333. The van der Waals surface area contributed by atoms with Crippen LogP contribution in [0.4, 0.5) is 0 Å². The van der Waals surface area contributed by atoms with Gasteiger partial charge in [-0.05, 0) is 24.8 Å². The summed E-state index contributed by atoms with van der Waals surface area (Å²) in [4.78, 5) is 17.7. The highest BCUT2D eigenvalue weighted by atomic mass is 32.1. The Hall–Kier alpha value is -1.68. The van der Waals surface area contributed by atoms with Gasteiger partial charge < -0.3 is 4.90 Å². The van der Waals surface area contributed by atoms with Crippen molar-refractivity contribution in [3.05, 3.63) is 52.5 Å². The van der Waals surface area contributed by atoms with Crippen molar-refractivity contribution in [3.63, 3.8) is 0 Å². The lowest BCUT2D eigenvalue weighted by Crippen LogP contribution is -2.28. The van der Waals surface area contributed by atoms with Crippen LogP contribution >= 0.6 is 11.3 Å². The number of thiazole rings is 1. The zero-order chi connectivity index (χ0) is 13.5. The highest BCUT2D eigenvalue weighted by Crippen LogP contribution is 2.07. The standard InChI is InChI=1S/C15H18N2OS/c1-17(15(18)14-11-19-12-16-14)10-6-5-9-13-7-3-2-4-8-13/h2-4,7-8,11-12H,5-6,9-10H2,1H3. The molecule has 0 N–H and O–H groups in total. The van der Waals surface area contributed by atoms with E-state index in [-0.39, 0.29) is 5.91 Å². The number of rotatable bonds is 6. The SMILES string of the molecule is CN(CCCCc1ccccc1)C(=O)c1cscn1. The molecule has 1 amide bonds. The third-order valence-corrected chi connectivity index (χ3v) is 3.64. The second-order valence-electron chi connectivity index (χ2n) is 4.54. The number of hydrogen-bond donors (Lipinski definition) is 0. The van der Waals surface area contributed by atoms with Crippen LogP contribution in [0.3, 0.4) is 0 Å². The lowest BCUT2D eigenvalue weighted by Gasteiger charge is -2.15. The Bertz CT molecular complexity index is 496. The minimum atomic E-state index is 0.0148. The molecule has 0 aliphatic rings. The number of aromatic nitrogens is 1. The highest BCUT2D eigenvalue weighted by Gasteiger charge is 2.12. The molecule has 0 saturated carbocycles. The Morgan fingerprint density at radius 3 is 2.74 bits per heavy atom. The fourth-order valence-corrected chi connectivity index (χ4v) is 2.46. The average molecular weight is 274 g/mol. The predicted octanol–water partition coefficient (Wildman–Crippen LogP) is 3.24. The van der Waals surface area contributed by atoms with Crippen LogP contribution in [-0.2, 0) is 6.42 Å². The van der Waals surface area contributed by atoms with Gasteiger partial charge in [-0.15, -0.1) is 11.3 Å². The Kier molecular flexibility index (Phi) is 5.10. The number of benzene rings is 1. The molecule has 0 aliphatic carbocycles. The van der Waals surface area contributed by atoms with Gasteiger partial charge in [-0.25, -0.2) is 4.98 Å². The fourth-order valence-electron chi connectivity index (χ4n) is 1.94. The van der Waals surface area contributed by atoms with E-state index >= 15 is 0 Å². The van der Waals surface area contributed by atoms with Gasteiger partial charge in [-0.2, -0.15) is 0 Å². The van der Waals surface area contributed by atoms with Crippen LogP contribution in [-0.4, -0.2) is 29.4 Å². The number of aryl methyl sites for hydroxylation is 1. The van der Waals surface area contributed by atoms with Gasteiger partial charge in [0.15, 0.2) is 0 Å². The molecule has 0 spiro atoms. The monoisotopic (exact) mass is 274 g/mol. The molecular formula is C15H18N2OS. The van der Waals surface area contributed by atoms with E-state index in [2.05, 4.69) is 29.2 Å². The lowest BCUT2D eigenvalue weighted by molar-refractivity contribution is 0.0788. The van der Waals surface area contributed by atoms with Crippen LogP contribution in [0.2, 0.25) is 0 Å². The third-order valence-electron chi connectivity index (χ3n) is 3.05. The van der Waals surface area contributed by atoms with E-state index in [0.717, 1.165) is 25.8 Å². The first-order valence-electron chi connectivity index (χ1n) is 6.45. The number of unbranched alkanes of at least 4 members (excludes halogenated alkanes) is 1. The van der Waals surface area contributed by atoms with Crippen molar-refractivity contribution in [2.75, 3.05) is 13.6 Å². The quantitative estimate of drug-likeness (QED) is 0.758. The number of amides is 1. The van der Waals surface area contributed by atoms with Gasteiger partial charge in [0.2, 0.25) is 0 Å². The summed E-state index contributed by atoms with van der Waals surface area (Å²) in [6, 6.07) is 10.4. The molecule has 0 radical (unpaired) electrons. The molecule has 0 bridgehead atoms. The van der Waals surface area contributed by atoms with Gasteiger partial charge in [0.05, 0.1) is 5.51 Å². The molecule has 0 aliphatic heterocycles. The van der Waals surface area contributed by atoms with E-state index in [4.69, 9.17) is 0 Å². The highest BCUT2D eigenvalue weighted by molar-refractivity contribution is 7.07. The zero-order valence-electron chi connectivity index (χ0n) is 11.1. The van der Waals surface area contributed by atoms with Gasteiger partial charge in [-0.1, -0.05) is 30.3 Å². The van der Waals surface area contributed by atoms with Gasteiger partial charge in [0, 0.05) is 19.0 Å². The largest absolute Gasteiger partial charge is 0.340 e. The summed E-state index contributed by atoms with van der Waals surface area (Å²) in [5.41, 5.74) is 3.60. The van der Waals surface area contributed by atoms with Crippen LogP contribution in [0.25, 0.3) is 0 Å². The second-order valence-corrected chi connectivity index (χ2v) is 5.26. The molecule has 2 aromatic rings. The molecule has 2 rings (SSSR count). The summed E-state index contributed by atoms with van der Waals surface area (Å²) in [5.74, 6) is 0.0148. The molecular weight excluding hydrogens is 256 g/mol. The van der Waals surface area contributed by atoms with E-state index in [1.54, 1.807) is 15.8 Å². The van der Waals surface area contributed by atoms with E-state index in [1.807, 2.05) is 13.1 Å². The van der Waals surface area contributed by atoms with E-state index in [1.165, 1.54) is 16.9 Å².